The number of allylic oxidation sites excluding steroid dienone is 2. The molecule has 9 nitrogen and oxygen atoms in total. The zero-order chi connectivity index (χ0) is 30.1. The van der Waals surface area contributed by atoms with E-state index in [0.717, 1.165) is 57.8 Å². The molecule has 0 fully saturated rings. The number of quaternary nitrogens is 1. The van der Waals surface area contributed by atoms with Crippen molar-refractivity contribution in [2.45, 2.75) is 123 Å². The lowest BCUT2D eigenvalue weighted by Gasteiger charge is -2.24. The number of carbonyl (C=O) groups is 2. The summed E-state index contributed by atoms with van der Waals surface area (Å²) in [4.78, 5) is 34.7. The molecule has 0 amide bonds. The Morgan fingerprint density at radius 3 is 1.95 bits per heavy atom. The van der Waals surface area contributed by atoms with Crippen LogP contribution >= 0.6 is 7.82 Å². The molecule has 0 aliphatic carbocycles. The van der Waals surface area contributed by atoms with Crippen molar-refractivity contribution in [1.82, 2.24) is 0 Å². The van der Waals surface area contributed by atoms with E-state index in [4.69, 9.17) is 18.5 Å². The fourth-order valence-corrected chi connectivity index (χ4v) is 4.58. The summed E-state index contributed by atoms with van der Waals surface area (Å²) in [5, 5.41) is 0. The molecular weight excluding hydrogens is 533 g/mol. The third-order valence-corrected chi connectivity index (χ3v) is 7.29. The summed E-state index contributed by atoms with van der Waals surface area (Å²) in [6.45, 7) is 4.21. The standard InChI is InChI=1S/C30H58NO8P/c1-6-8-10-12-14-15-17-19-21-23-30(33)39-28(27-38-40(34,35)37-25-24-31(3,4)5)26-36-29(32)22-20-18-16-13-11-9-7-2/h8,10,28H,6-7,9,11-27H2,1-5H3/p+1/b10-8+/t28-/m0/s1. The Morgan fingerprint density at radius 2 is 1.35 bits per heavy atom. The molecule has 1 unspecified atom stereocenters. The normalized spacial score (nSPS) is 14.2. The van der Waals surface area contributed by atoms with Crippen LogP contribution in [0.4, 0.5) is 0 Å². The average Bonchev–Trinajstić information content (AvgIpc) is 2.88. The van der Waals surface area contributed by atoms with E-state index in [1.54, 1.807) is 0 Å². The molecule has 0 aromatic heterocycles. The van der Waals surface area contributed by atoms with Gasteiger partial charge in [0.05, 0.1) is 27.7 Å². The molecule has 0 rings (SSSR count). The van der Waals surface area contributed by atoms with E-state index in [-0.39, 0.29) is 32.0 Å². The molecule has 0 aliphatic heterocycles. The van der Waals surface area contributed by atoms with Crippen molar-refractivity contribution in [1.29, 1.82) is 0 Å². The number of ether oxygens (including phenoxy) is 2. The average molecular weight is 593 g/mol. The first-order valence-electron chi connectivity index (χ1n) is 15.4. The number of esters is 2. The predicted molar refractivity (Wildman–Crippen MR) is 160 cm³/mol. The fourth-order valence-electron chi connectivity index (χ4n) is 3.84. The van der Waals surface area contributed by atoms with Crippen LogP contribution in [0.2, 0.25) is 0 Å². The molecule has 0 radical (unpaired) electrons. The highest BCUT2D eigenvalue weighted by molar-refractivity contribution is 7.47. The van der Waals surface area contributed by atoms with Crippen LogP contribution in [0, 0.1) is 0 Å². The third-order valence-electron chi connectivity index (χ3n) is 6.31. The molecule has 40 heavy (non-hydrogen) atoms. The Kier molecular flexibility index (Phi) is 23.6. The van der Waals surface area contributed by atoms with Gasteiger partial charge in [-0.15, -0.1) is 0 Å². The maximum absolute atomic E-state index is 12.4. The SMILES string of the molecule is CC/C=C/CCCCCCCC(=O)O[C@@H](COC(=O)CCCCCCCCC)COP(=O)(O)OCC[N+](C)(C)C. The van der Waals surface area contributed by atoms with Gasteiger partial charge in [-0.25, -0.2) is 4.57 Å². The monoisotopic (exact) mass is 592 g/mol. The van der Waals surface area contributed by atoms with E-state index in [1.807, 2.05) is 21.1 Å². The third kappa shape index (κ3) is 26.9. The Bertz CT molecular complexity index is 723. The summed E-state index contributed by atoms with van der Waals surface area (Å²) in [5.74, 6) is -0.823. The van der Waals surface area contributed by atoms with Gasteiger partial charge in [0.25, 0.3) is 0 Å². The van der Waals surface area contributed by atoms with Gasteiger partial charge in [-0.2, -0.15) is 0 Å². The van der Waals surface area contributed by atoms with Crippen LogP contribution in [0.3, 0.4) is 0 Å². The van der Waals surface area contributed by atoms with Crippen LogP contribution in [0.5, 0.6) is 0 Å². The second-order valence-corrected chi connectivity index (χ2v) is 12.9. The topological polar surface area (TPSA) is 108 Å². The van der Waals surface area contributed by atoms with Crippen molar-refractivity contribution >= 4 is 19.8 Å². The molecule has 10 heteroatoms. The fraction of sp³-hybridized carbons (Fsp3) is 0.867. The maximum atomic E-state index is 12.4. The summed E-state index contributed by atoms with van der Waals surface area (Å²) < 4.78 is 33.8. The van der Waals surface area contributed by atoms with Crippen molar-refractivity contribution in [2.75, 3.05) is 47.5 Å². The van der Waals surface area contributed by atoms with Crippen molar-refractivity contribution in [3.05, 3.63) is 12.2 Å². The predicted octanol–water partition coefficient (Wildman–Crippen LogP) is 7.12. The van der Waals surface area contributed by atoms with Gasteiger partial charge in [0, 0.05) is 12.8 Å². The smallest absolute Gasteiger partial charge is 0.462 e. The van der Waals surface area contributed by atoms with Gasteiger partial charge < -0.3 is 18.9 Å². The Morgan fingerprint density at radius 1 is 0.775 bits per heavy atom. The first kappa shape index (κ1) is 38.8. The summed E-state index contributed by atoms with van der Waals surface area (Å²) in [5.41, 5.74) is 0. The van der Waals surface area contributed by atoms with E-state index in [0.29, 0.717) is 17.4 Å². The van der Waals surface area contributed by atoms with Gasteiger partial charge in [0.15, 0.2) is 6.10 Å². The number of nitrogens with zero attached hydrogens (tertiary/aromatic N) is 1. The lowest BCUT2D eigenvalue weighted by atomic mass is 10.1. The van der Waals surface area contributed by atoms with Gasteiger partial charge >= 0.3 is 19.8 Å². The van der Waals surface area contributed by atoms with Crippen molar-refractivity contribution in [3.8, 4) is 0 Å². The van der Waals surface area contributed by atoms with Crippen molar-refractivity contribution in [3.63, 3.8) is 0 Å². The number of likely N-dealkylation sites (N-methyl/N-ethyl adjacent to an activating group) is 1. The van der Waals surface area contributed by atoms with Crippen LogP contribution in [-0.2, 0) is 32.7 Å². The Hall–Kier alpha value is -1.25. The van der Waals surface area contributed by atoms with Gasteiger partial charge in [0.1, 0.15) is 19.8 Å². The molecule has 0 bridgehead atoms. The van der Waals surface area contributed by atoms with Crippen LogP contribution in [0.1, 0.15) is 117 Å². The lowest BCUT2D eigenvalue weighted by molar-refractivity contribution is -0.870. The van der Waals surface area contributed by atoms with Crippen LogP contribution in [-0.4, -0.2) is 74.9 Å². The quantitative estimate of drug-likeness (QED) is 0.0353. The van der Waals surface area contributed by atoms with E-state index >= 15 is 0 Å². The first-order chi connectivity index (χ1) is 19.0. The lowest BCUT2D eigenvalue weighted by Crippen LogP contribution is -2.37. The highest BCUT2D eigenvalue weighted by Crippen LogP contribution is 2.43. The van der Waals surface area contributed by atoms with Gasteiger partial charge in [-0.05, 0) is 32.1 Å². The molecular formula is C30H59NO8P+. The number of unbranched alkanes of at least 4 members (excludes halogenated alkanes) is 11. The van der Waals surface area contributed by atoms with E-state index in [1.165, 1.54) is 25.7 Å². The zero-order valence-electron chi connectivity index (χ0n) is 26.1. The van der Waals surface area contributed by atoms with Gasteiger partial charge in [-0.1, -0.05) is 83.8 Å². The molecule has 0 aromatic rings. The second kappa shape index (κ2) is 24.4. The van der Waals surface area contributed by atoms with E-state index in [9.17, 15) is 19.0 Å². The number of phosphoric acid groups is 1. The largest absolute Gasteiger partial charge is 0.472 e. The van der Waals surface area contributed by atoms with E-state index in [2.05, 4.69) is 26.0 Å². The number of rotatable bonds is 27. The highest BCUT2D eigenvalue weighted by atomic mass is 31.2. The minimum atomic E-state index is -4.35. The van der Waals surface area contributed by atoms with Crippen molar-refractivity contribution < 1.29 is 42.1 Å². The molecule has 1 N–H and O–H groups in total. The number of carbonyl (C=O) groups excluding carboxylic acids is 2. The zero-order valence-corrected chi connectivity index (χ0v) is 27.0. The highest BCUT2D eigenvalue weighted by Gasteiger charge is 2.27. The molecule has 2 atom stereocenters. The molecule has 0 spiro atoms. The molecule has 0 saturated heterocycles. The Balaban J connectivity index is 4.57. The molecule has 0 heterocycles. The first-order valence-corrected chi connectivity index (χ1v) is 16.9. The minimum absolute atomic E-state index is 0.0318. The molecule has 0 aliphatic rings. The number of phosphoric ester groups is 1. The van der Waals surface area contributed by atoms with Crippen molar-refractivity contribution in [2.24, 2.45) is 0 Å². The molecule has 0 aromatic carbocycles. The van der Waals surface area contributed by atoms with Crippen LogP contribution < -0.4 is 0 Å². The molecule has 0 saturated carbocycles. The summed E-state index contributed by atoms with van der Waals surface area (Å²) in [7, 11) is 1.47. The summed E-state index contributed by atoms with van der Waals surface area (Å²) >= 11 is 0. The number of hydrogen-bond donors (Lipinski definition) is 1. The molecule has 236 valence electrons. The van der Waals surface area contributed by atoms with Gasteiger partial charge in [-0.3, -0.25) is 18.6 Å². The van der Waals surface area contributed by atoms with Crippen LogP contribution in [0.25, 0.3) is 0 Å². The van der Waals surface area contributed by atoms with Crippen LogP contribution in [0.15, 0.2) is 12.2 Å². The summed E-state index contributed by atoms with van der Waals surface area (Å²) in [6, 6.07) is 0. The van der Waals surface area contributed by atoms with Gasteiger partial charge in [0.2, 0.25) is 0 Å². The minimum Gasteiger partial charge on any atom is -0.462 e. The maximum Gasteiger partial charge on any atom is 0.472 e. The Labute approximate surface area is 244 Å². The second-order valence-electron chi connectivity index (χ2n) is 11.5. The van der Waals surface area contributed by atoms with E-state index < -0.39 is 26.5 Å². The summed E-state index contributed by atoms with van der Waals surface area (Å²) in [6.07, 6.45) is 18.6. The number of hydrogen-bond acceptors (Lipinski definition) is 7.